The van der Waals surface area contributed by atoms with Crippen LogP contribution in [0.5, 0.6) is 0 Å². The topological polar surface area (TPSA) is 44.3 Å². The van der Waals surface area contributed by atoms with Gasteiger partial charge in [0.2, 0.25) is 5.95 Å². The third-order valence-corrected chi connectivity index (χ3v) is 4.08. The summed E-state index contributed by atoms with van der Waals surface area (Å²) < 4.78 is 13.0. The van der Waals surface area contributed by atoms with Crippen LogP contribution >= 0.6 is 0 Å². The second kappa shape index (κ2) is 6.91. The molecule has 0 atom stereocenters. The standard InChI is InChI=1S/C17H22FN5/c1-3-22-8-10-23(11-9-22)16-12-13(2)19-17(21-16)20-15-6-4-14(18)5-7-15/h4-7,12H,3,8-11H2,1-2H3,(H,19,20,21). The number of aromatic nitrogens is 2. The van der Waals surface area contributed by atoms with Crippen LogP contribution in [0.2, 0.25) is 0 Å². The molecule has 2 aromatic rings. The monoisotopic (exact) mass is 315 g/mol. The molecule has 0 bridgehead atoms. The van der Waals surface area contributed by atoms with Gasteiger partial charge in [0.05, 0.1) is 0 Å². The maximum atomic E-state index is 13.0. The Labute approximate surface area is 136 Å². The number of anilines is 3. The molecule has 3 rings (SSSR count). The molecule has 0 saturated carbocycles. The molecule has 1 aromatic heterocycles. The lowest BCUT2D eigenvalue weighted by molar-refractivity contribution is 0.270. The summed E-state index contributed by atoms with van der Waals surface area (Å²) in [5.41, 5.74) is 1.69. The molecular weight excluding hydrogens is 293 g/mol. The highest BCUT2D eigenvalue weighted by atomic mass is 19.1. The molecule has 0 aliphatic carbocycles. The number of hydrogen-bond acceptors (Lipinski definition) is 5. The van der Waals surface area contributed by atoms with Crippen molar-refractivity contribution in [3.05, 3.63) is 41.8 Å². The molecule has 122 valence electrons. The molecule has 1 N–H and O–H groups in total. The minimum Gasteiger partial charge on any atom is -0.354 e. The van der Waals surface area contributed by atoms with Gasteiger partial charge < -0.3 is 15.1 Å². The van der Waals surface area contributed by atoms with Crippen molar-refractivity contribution in [1.29, 1.82) is 0 Å². The Morgan fingerprint density at radius 2 is 1.78 bits per heavy atom. The van der Waals surface area contributed by atoms with Crippen molar-refractivity contribution < 1.29 is 4.39 Å². The van der Waals surface area contributed by atoms with Gasteiger partial charge in [-0.3, -0.25) is 0 Å². The molecule has 6 heteroatoms. The number of piperazine rings is 1. The van der Waals surface area contributed by atoms with E-state index < -0.39 is 0 Å². The van der Waals surface area contributed by atoms with E-state index in [2.05, 4.69) is 32.0 Å². The molecule has 23 heavy (non-hydrogen) atoms. The predicted molar refractivity (Wildman–Crippen MR) is 90.8 cm³/mol. The van der Waals surface area contributed by atoms with E-state index in [1.807, 2.05) is 13.0 Å². The summed E-state index contributed by atoms with van der Waals surface area (Å²) in [6.07, 6.45) is 0. The van der Waals surface area contributed by atoms with Gasteiger partial charge in [-0.25, -0.2) is 9.37 Å². The normalized spacial score (nSPS) is 15.7. The lowest BCUT2D eigenvalue weighted by Gasteiger charge is -2.34. The van der Waals surface area contributed by atoms with Gasteiger partial charge in [-0.2, -0.15) is 4.98 Å². The third kappa shape index (κ3) is 3.96. The number of rotatable bonds is 4. The van der Waals surface area contributed by atoms with Crippen LogP contribution in [0, 0.1) is 12.7 Å². The van der Waals surface area contributed by atoms with Crippen LogP contribution in [-0.4, -0.2) is 47.6 Å². The highest BCUT2D eigenvalue weighted by Crippen LogP contribution is 2.19. The zero-order valence-electron chi connectivity index (χ0n) is 13.6. The summed E-state index contributed by atoms with van der Waals surface area (Å²) in [6.45, 7) is 9.30. The van der Waals surface area contributed by atoms with E-state index in [9.17, 15) is 4.39 Å². The Bertz CT molecular complexity index is 651. The molecule has 1 aliphatic heterocycles. The van der Waals surface area contributed by atoms with E-state index in [1.165, 1.54) is 12.1 Å². The van der Waals surface area contributed by atoms with Crippen molar-refractivity contribution in [3.8, 4) is 0 Å². The van der Waals surface area contributed by atoms with Crippen molar-refractivity contribution in [3.63, 3.8) is 0 Å². The minimum atomic E-state index is -0.254. The van der Waals surface area contributed by atoms with Crippen molar-refractivity contribution in [1.82, 2.24) is 14.9 Å². The zero-order valence-corrected chi connectivity index (χ0v) is 13.6. The number of aryl methyl sites for hydroxylation is 1. The van der Waals surface area contributed by atoms with Crippen molar-refractivity contribution in [2.45, 2.75) is 13.8 Å². The van der Waals surface area contributed by atoms with E-state index in [0.717, 1.165) is 49.9 Å². The van der Waals surface area contributed by atoms with E-state index in [1.54, 1.807) is 12.1 Å². The van der Waals surface area contributed by atoms with Crippen LogP contribution in [0.25, 0.3) is 0 Å². The van der Waals surface area contributed by atoms with Gasteiger partial charge in [0.1, 0.15) is 11.6 Å². The Morgan fingerprint density at radius 3 is 2.43 bits per heavy atom. The van der Waals surface area contributed by atoms with Gasteiger partial charge in [0, 0.05) is 43.6 Å². The Hall–Kier alpha value is -2.21. The third-order valence-electron chi connectivity index (χ3n) is 4.08. The number of nitrogens with one attached hydrogen (secondary N) is 1. The Morgan fingerprint density at radius 1 is 1.09 bits per heavy atom. The van der Waals surface area contributed by atoms with Crippen molar-refractivity contribution >= 4 is 17.5 Å². The minimum absolute atomic E-state index is 0.254. The quantitative estimate of drug-likeness (QED) is 0.940. The van der Waals surface area contributed by atoms with Gasteiger partial charge in [-0.15, -0.1) is 0 Å². The van der Waals surface area contributed by atoms with Crippen LogP contribution in [0.15, 0.2) is 30.3 Å². The summed E-state index contributed by atoms with van der Waals surface area (Å²) in [4.78, 5) is 13.8. The average molecular weight is 315 g/mol. The number of nitrogens with zero attached hydrogens (tertiary/aromatic N) is 4. The van der Waals surface area contributed by atoms with Gasteiger partial charge in [0.15, 0.2) is 0 Å². The Kier molecular flexibility index (Phi) is 4.71. The highest BCUT2D eigenvalue weighted by molar-refractivity contribution is 5.55. The molecule has 0 unspecified atom stereocenters. The smallest absolute Gasteiger partial charge is 0.229 e. The van der Waals surface area contributed by atoms with E-state index >= 15 is 0 Å². The van der Waals surface area contributed by atoms with E-state index in [0.29, 0.717) is 5.95 Å². The van der Waals surface area contributed by atoms with Gasteiger partial charge in [-0.1, -0.05) is 6.92 Å². The van der Waals surface area contributed by atoms with Crippen LogP contribution in [-0.2, 0) is 0 Å². The molecular formula is C17H22FN5. The maximum Gasteiger partial charge on any atom is 0.229 e. The summed E-state index contributed by atoms with van der Waals surface area (Å²) in [7, 11) is 0. The first-order valence-electron chi connectivity index (χ1n) is 7.99. The van der Waals surface area contributed by atoms with Crippen LogP contribution in [0.1, 0.15) is 12.6 Å². The SMILES string of the molecule is CCN1CCN(c2cc(C)nc(Nc3ccc(F)cc3)n2)CC1. The molecule has 0 amide bonds. The molecule has 0 spiro atoms. The van der Waals surface area contributed by atoms with Gasteiger partial charge in [-0.05, 0) is 37.7 Å². The molecule has 1 aliphatic rings. The van der Waals surface area contributed by atoms with Crippen LogP contribution < -0.4 is 10.2 Å². The van der Waals surface area contributed by atoms with E-state index in [-0.39, 0.29) is 5.82 Å². The molecule has 2 heterocycles. The first-order valence-corrected chi connectivity index (χ1v) is 7.99. The average Bonchev–Trinajstić information content (AvgIpc) is 2.56. The maximum absolute atomic E-state index is 13.0. The Balaban J connectivity index is 1.75. The zero-order chi connectivity index (χ0) is 16.2. The summed E-state index contributed by atoms with van der Waals surface area (Å²) >= 11 is 0. The van der Waals surface area contributed by atoms with Gasteiger partial charge in [0.25, 0.3) is 0 Å². The van der Waals surface area contributed by atoms with Gasteiger partial charge >= 0.3 is 0 Å². The second-order valence-electron chi connectivity index (χ2n) is 5.74. The van der Waals surface area contributed by atoms with Crippen molar-refractivity contribution in [2.24, 2.45) is 0 Å². The first kappa shape index (κ1) is 15.7. The van der Waals surface area contributed by atoms with Crippen LogP contribution in [0.3, 0.4) is 0 Å². The van der Waals surface area contributed by atoms with E-state index in [4.69, 9.17) is 0 Å². The fourth-order valence-corrected chi connectivity index (χ4v) is 2.73. The first-order chi connectivity index (χ1) is 11.1. The summed E-state index contributed by atoms with van der Waals surface area (Å²) in [5.74, 6) is 1.23. The number of halogens is 1. The summed E-state index contributed by atoms with van der Waals surface area (Å²) in [6, 6.07) is 8.21. The molecule has 1 saturated heterocycles. The highest BCUT2D eigenvalue weighted by Gasteiger charge is 2.17. The lowest BCUT2D eigenvalue weighted by Crippen LogP contribution is -2.46. The number of hydrogen-bond donors (Lipinski definition) is 1. The fraction of sp³-hybridized carbons (Fsp3) is 0.412. The number of benzene rings is 1. The summed E-state index contributed by atoms with van der Waals surface area (Å²) in [5, 5.41) is 3.15. The predicted octanol–water partition coefficient (Wildman–Crippen LogP) is 2.81. The molecule has 5 nitrogen and oxygen atoms in total. The lowest BCUT2D eigenvalue weighted by atomic mass is 10.3. The molecule has 1 aromatic carbocycles. The second-order valence-corrected chi connectivity index (χ2v) is 5.74. The number of likely N-dealkylation sites (N-methyl/N-ethyl adjacent to an activating group) is 1. The largest absolute Gasteiger partial charge is 0.354 e. The van der Waals surface area contributed by atoms with Crippen LogP contribution in [0.4, 0.5) is 21.8 Å². The fourth-order valence-electron chi connectivity index (χ4n) is 2.73. The van der Waals surface area contributed by atoms with Crippen molar-refractivity contribution in [2.75, 3.05) is 42.9 Å². The molecule has 0 radical (unpaired) electrons. The molecule has 1 fully saturated rings.